The van der Waals surface area contributed by atoms with E-state index in [-0.39, 0.29) is 17.8 Å². The molecule has 2 heterocycles. The number of ketones is 1. The van der Waals surface area contributed by atoms with E-state index in [0.29, 0.717) is 5.39 Å². The Morgan fingerprint density at radius 1 is 1.26 bits per heavy atom. The third-order valence-electron chi connectivity index (χ3n) is 2.86. The molecule has 2 aromatic rings. The van der Waals surface area contributed by atoms with Crippen molar-refractivity contribution in [3.63, 3.8) is 0 Å². The van der Waals surface area contributed by atoms with Gasteiger partial charge in [0.05, 0.1) is 12.2 Å². The van der Waals surface area contributed by atoms with E-state index in [1.807, 2.05) is 0 Å². The second-order valence-corrected chi connectivity index (χ2v) is 5.82. The van der Waals surface area contributed by atoms with Crippen LogP contribution in [0.5, 0.6) is 0 Å². The molecule has 2 aromatic heterocycles. The summed E-state index contributed by atoms with van der Waals surface area (Å²) in [6, 6.07) is 3.22. The van der Waals surface area contributed by atoms with Crippen LogP contribution in [0.3, 0.4) is 0 Å². The fourth-order valence-corrected chi connectivity index (χ4v) is 2.00. The average molecular weight is 318 g/mol. The lowest BCUT2D eigenvalue weighted by Gasteiger charge is -2.19. The van der Waals surface area contributed by atoms with Gasteiger partial charge in [-0.15, -0.1) is 0 Å². The molecule has 0 amide bonds. The lowest BCUT2D eigenvalue weighted by molar-refractivity contribution is -0.137. The molecule has 2 rings (SSSR count). The number of hydrogen-bond donors (Lipinski definition) is 0. The molecule has 0 fully saturated rings. The first-order valence-corrected chi connectivity index (χ1v) is 7.15. The highest BCUT2D eigenvalue weighted by atomic mass is 16.6. The number of carbonyl (C=O) groups is 3. The van der Waals surface area contributed by atoms with Crippen LogP contribution in [-0.2, 0) is 14.3 Å². The van der Waals surface area contributed by atoms with E-state index in [1.54, 1.807) is 39.8 Å². The predicted octanol–water partition coefficient (Wildman–Crippen LogP) is 2.57. The summed E-state index contributed by atoms with van der Waals surface area (Å²) < 4.78 is 11.1. The van der Waals surface area contributed by atoms with Gasteiger partial charge in [0.2, 0.25) is 0 Å². The lowest BCUT2D eigenvalue weighted by atomic mass is 10.1. The van der Waals surface area contributed by atoms with Crippen molar-refractivity contribution >= 4 is 28.9 Å². The molecule has 0 bridgehead atoms. The van der Waals surface area contributed by atoms with Gasteiger partial charge in [-0.2, -0.15) is 0 Å². The molecule has 0 atom stereocenters. The Labute approximate surface area is 133 Å². The Balaban J connectivity index is 2.50. The number of aromatic nitrogens is 2. The molecule has 23 heavy (non-hydrogen) atoms. The number of carbonyl (C=O) groups excluding carboxylic acids is 3. The van der Waals surface area contributed by atoms with Crippen LogP contribution in [0.1, 0.15) is 38.1 Å². The van der Waals surface area contributed by atoms with Crippen LogP contribution in [-0.4, -0.2) is 39.6 Å². The van der Waals surface area contributed by atoms with Crippen molar-refractivity contribution in [3.05, 3.63) is 30.1 Å². The predicted molar refractivity (Wildman–Crippen MR) is 82.3 cm³/mol. The SMILES string of the molecule is CCOC(=O)C(=O)c1cn(C(=O)OC(C)(C)C)c2ncccc12. The van der Waals surface area contributed by atoms with Gasteiger partial charge in [-0.1, -0.05) is 0 Å². The van der Waals surface area contributed by atoms with Gasteiger partial charge in [-0.05, 0) is 39.8 Å². The van der Waals surface area contributed by atoms with Gasteiger partial charge in [0.25, 0.3) is 5.78 Å². The Kier molecular flexibility index (Phi) is 4.49. The molecule has 0 aliphatic rings. The van der Waals surface area contributed by atoms with E-state index in [9.17, 15) is 14.4 Å². The highest BCUT2D eigenvalue weighted by Crippen LogP contribution is 2.22. The molecular formula is C16H18N2O5. The minimum Gasteiger partial charge on any atom is -0.460 e. The van der Waals surface area contributed by atoms with Crippen LogP contribution in [0.2, 0.25) is 0 Å². The van der Waals surface area contributed by atoms with E-state index < -0.39 is 23.4 Å². The number of Topliss-reactive ketones (excluding diaryl/α,β-unsaturated/α-hetero) is 1. The standard InChI is InChI=1S/C16H18N2O5/c1-5-22-14(20)12(19)11-9-18(15(21)23-16(2,3)4)13-10(11)7-6-8-17-13/h6-9H,5H2,1-4H3. The van der Waals surface area contributed by atoms with Crippen LogP contribution in [0.25, 0.3) is 11.0 Å². The quantitative estimate of drug-likeness (QED) is 0.491. The molecule has 0 aliphatic carbocycles. The molecule has 0 radical (unpaired) electrons. The van der Waals surface area contributed by atoms with Crippen LogP contribution in [0.15, 0.2) is 24.5 Å². The summed E-state index contributed by atoms with van der Waals surface area (Å²) in [5, 5.41) is 0.386. The van der Waals surface area contributed by atoms with E-state index >= 15 is 0 Å². The van der Waals surface area contributed by atoms with Gasteiger partial charge in [0, 0.05) is 17.8 Å². The van der Waals surface area contributed by atoms with E-state index in [0.717, 1.165) is 4.57 Å². The number of fused-ring (bicyclic) bond motifs is 1. The maximum Gasteiger partial charge on any atom is 0.420 e. The van der Waals surface area contributed by atoms with Gasteiger partial charge in [0.1, 0.15) is 11.2 Å². The van der Waals surface area contributed by atoms with Gasteiger partial charge in [-0.3, -0.25) is 4.79 Å². The summed E-state index contributed by atoms with van der Waals surface area (Å²) in [4.78, 5) is 40.3. The van der Waals surface area contributed by atoms with E-state index in [1.165, 1.54) is 12.4 Å². The summed E-state index contributed by atoms with van der Waals surface area (Å²) in [5.41, 5.74) is -0.403. The monoisotopic (exact) mass is 318 g/mol. The normalized spacial score (nSPS) is 11.3. The fraction of sp³-hybridized carbons (Fsp3) is 0.375. The largest absolute Gasteiger partial charge is 0.460 e. The fourth-order valence-electron chi connectivity index (χ4n) is 2.00. The molecule has 0 unspecified atom stereocenters. The molecule has 0 aliphatic heterocycles. The summed E-state index contributed by atoms with van der Waals surface area (Å²) >= 11 is 0. The van der Waals surface area contributed by atoms with Crippen molar-refractivity contribution in [1.82, 2.24) is 9.55 Å². The topological polar surface area (TPSA) is 87.5 Å². The number of hydrogen-bond acceptors (Lipinski definition) is 6. The highest BCUT2D eigenvalue weighted by molar-refractivity contribution is 6.43. The molecule has 122 valence electrons. The molecule has 0 saturated carbocycles. The average Bonchev–Trinajstić information content (AvgIpc) is 2.84. The van der Waals surface area contributed by atoms with Crippen LogP contribution in [0.4, 0.5) is 4.79 Å². The number of ether oxygens (including phenoxy) is 2. The van der Waals surface area contributed by atoms with E-state index in [2.05, 4.69) is 4.98 Å². The minimum atomic E-state index is -0.973. The molecule has 0 N–H and O–H groups in total. The Hall–Kier alpha value is -2.70. The Morgan fingerprint density at radius 3 is 2.57 bits per heavy atom. The second kappa shape index (κ2) is 6.20. The Morgan fingerprint density at radius 2 is 1.96 bits per heavy atom. The maximum atomic E-state index is 12.3. The molecule has 0 saturated heterocycles. The molecular weight excluding hydrogens is 300 g/mol. The van der Waals surface area contributed by atoms with Gasteiger partial charge in [-0.25, -0.2) is 19.1 Å². The molecule has 7 nitrogen and oxygen atoms in total. The van der Waals surface area contributed by atoms with Crippen molar-refractivity contribution in [2.45, 2.75) is 33.3 Å². The zero-order chi connectivity index (χ0) is 17.2. The third kappa shape index (κ3) is 3.56. The summed E-state index contributed by atoms with van der Waals surface area (Å²) in [6.45, 7) is 6.89. The smallest absolute Gasteiger partial charge is 0.420 e. The van der Waals surface area contributed by atoms with Crippen molar-refractivity contribution in [1.29, 1.82) is 0 Å². The van der Waals surface area contributed by atoms with Gasteiger partial charge in [0.15, 0.2) is 0 Å². The van der Waals surface area contributed by atoms with Crippen molar-refractivity contribution in [2.24, 2.45) is 0 Å². The third-order valence-corrected chi connectivity index (χ3v) is 2.86. The zero-order valence-electron chi connectivity index (χ0n) is 13.5. The second-order valence-electron chi connectivity index (χ2n) is 5.82. The number of pyridine rings is 1. The molecule has 0 aromatic carbocycles. The van der Waals surface area contributed by atoms with Crippen molar-refractivity contribution < 1.29 is 23.9 Å². The van der Waals surface area contributed by atoms with Crippen LogP contribution >= 0.6 is 0 Å². The molecule has 0 spiro atoms. The molecule has 7 heteroatoms. The number of rotatable bonds is 3. The summed E-state index contributed by atoms with van der Waals surface area (Å²) in [7, 11) is 0. The summed E-state index contributed by atoms with van der Waals surface area (Å²) in [5.74, 6) is -1.80. The summed E-state index contributed by atoms with van der Waals surface area (Å²) in [6.07, 6.45) is 2.07. The van der Waals surface area contributed by atoms with E-state index in [4.69, 9.17) is 9.47 Å². The minimum absolute atomic E-state index is 0.0532. The number of esters is 1. The van der Waals surface area contributed by atoms with Crippen LogP contribution < -0.4 is 0 Å². The van der Waals surface area contributed by atoms with Gasteiger partial charge >= 0.3 is 12.1 Å². The van der Waals surface area contributed by atoms with Crippen LogP contribution in [0, 0.1) is 0 Å². The first kappa shape index (κ1) is 16.7. The van der Waals surface area contributed by atoms with Crippen molar-refractivity contribution in [3.8, 4) is 0 Å². The van der Waals surface area contributed by atoms with Crippen molar-refractivity contribution in [2.75, 3.05) is 6.61 Å². The maximum absolute atomic E-state index is 12.3. The number of nitrogens with zero attached hydrogens (tertiary/aromatic N) is 2. The lowest BCUT2D eigenvalue weighted by Crippen LogP contribution is -2.27. The first-order valence-electron chi connectivity index (χ1n) is 7.15. The highest BCUT2D eigenvalue weighted by Gasteiger charge is 2.26. The zero-order valence-corrected chi connectivity index (χ0v) is 13.5. The Bertz CT molecular complexity index is 770. The van der Waals surface area contributed by atoms with Gasteiger partial charge < -0.3 is 9.47 Å². The first-order chi connectivity index (χ1) is 10.7.